The molecule has 0 aromatic rings. The zero-order valence-corrected chi connectivity index (χ0v) is 10.7. The summed E-state index contributed by atoms with van der Waals surface area (Å²) in [6.07, 6.45) is 6.98. The maximum atomic E-state index is 6.36. The van der Waals surface area contributed by atoms with E-state index in [-0.39, 0.29) is 0 Å². The molecular formula is C13H27N3. The van der Waals surface area contributed by atoms with Crippen LogP contribution in [0.5, 0.6) is 0 Å². The fourth-order valence-corrected chi connectivity index (χ4v) is 3.04. The Balaban J connectivity index is 1.71. The summed E-state index contributed by atoms with van der Waals surface area (Å²) in [5.41, 5.74) is 6.36. The minimum absolute atomic E-state index is 0.420. The van der Waals surface area contributed by atoms with Gasteiger partial charge in [0.05, 0.1) is 0 Å². The number of nitrogens with two attached hydrogens (primary N) is 1. The van der Waals surface area contributed by atoms with Crippen molar-refractivity contribution in [1.82, 2.24) is 9.80 Å². The summed E-state index contributed by atoms with van der Waals surface area (Å²) in [4.78, 5) is 4.96. The quantitative estimate of drug-likeness (QED) is 0.782. The van der Waals surface area contributed by atoms with Crippen LogP contribution in [0.2, 0.25) is 0 Å². The lowest BCUT2D eigenvalue weighted by atomic mass is 9.84. The highest BCUT2D eigenvalue weighted by atomic mass is 15.2. The molecule has 2 rings (SSSR count). The fourth-order valence-electron chi connectivity index (χ4n) is 3.04. The average Bonchev–Trinajstić information content (AvgIpc) is 2.33. The third-order valence-electron chi connectivity index (χ3n) is 4.32. The van der Waals surface area contributed by atoms with E-state index in [4.69, 9.17) is 5.73 Å². The van der Waals surface area contributed by atoms with Crippen LogP contribution in [0.25, 0.3) is 0 Å². The number of piperazine rings is 1. The van der Waals surface area contributed by atoms with Gasteiger partial charge in [-0.15, -0.1) is 0 Å². The van der Waals surface area contributed by atoms with Gasteiger partial charge in [-0.1, -0.05) is 19.3 Å². The number of rotatable bonds is 3. The summed E-state index contributed by atoms with van der Waals surface area (Å²) in [6.45, 7) is 5.95. The van der Waals surface area contributed by atoms with Crippen LogP contribution in [-0.2, 0) is 0 Å². The predicted molar refractivity (Wildman–Crippen MR) is 68.5 cm³/mol. The number of hydrogen-bond acceptors (Lipinski definition) is 3. The molecule has 94 valence electrons. The summed E-state index contributed by atoms with van der Waals surface area (Å²) < 4.78 is 0. The van der Waals surface area contributed by atoms with Gasteiger partial charge in [0.1, 0.15) is 0 Å². The Hall–Kier alpha value is -0.120. The van der Waals surface area contributed by atoms with Gasteiger partial charge >= 0.3 is 0 Å². The molecule has 1 saturated carbocycles. The molecule has 1 heterocycles. The van der Waals surface area contributed by atoms with Crippen molar-refractivity contribution >= 4 is 0 Å². The van der Waals surface area contributed by atoms with Gasteiger partial charge in [0.15, 0.2) is 0 Å². The molecule has 0 bridgehead atoms. The van der Waals surface area contributed by atoms with Gasteiger partial charge in [-0.3, -0.25) is 4.90 Å². The van der Waals surface area contributed by atoms with Crippen molar-refractivity contribution in [2.75, 3.05) is 39.8 Å². The van der Waals surface area contributed by atoms with Crippen LogP contribution >= 0.6 is 0 Å². The van der Waals surface area contributed by atoms with Crippen LogP contribution in [0.3, 0.4) is 0 Å². The topological polar surface area (TPSA) is 32.5 Å². The summed E-state index contributed by atoms with van der Waals surface area (Å²) in [5.74, 6) is 0.799. The monoisotopic (exact) mass is 225 g/mol. The summed E-state index contributed by atoms with van der Waals surface area (Å²) in [5, 5.41) is 0. The van der Waals surface area contributed by atoms with Crippen molar-refractivity contribution < 1.29 is 0 Å². The summed E-state index contributed by atoms with van der Waals surface area (Å²) >= 11 is 0. The molecule has 1 saturated heterocycles. The van der Waals surface area contributed by atoms with Gasteiger partial charge in [-0.25, -0.2) is 0 Å². The zero-order valence-electron chi connectivity index (χ0n) is 10.7. The average molecular weight is 225 g/mol. The van der Waals surface area contributed by atoms with Crippen LogP contribution in [0.1, 0.15) is 32.1 Å². The molecule has 3 heteroatoms. The Bertz CT molecular complexity index is 193. The van der Waals surface area contributed by atoms with Crippen molar-refractivity contribution in [3.8, 4) is 0 Å². The highest BCUT2D eigenvalue weighted by molar-refractivity contribution is 4.81. The van der Waals surface area contributed by atoms with E-state index < -0.39 is 0 Å². The molecule has 0 aromatic carbocycles. The minimum Gasteiger partial charge on any atom is -0.326 e. The molecule has 0 spiro atoms. The van der Waals surface area contributed by atoms with Crippen molar-refractivity contribution in [3.05, 3.63) is 0 Å². The van der Waals surface area contributed by atoms with Crippen molar-refractivity contribution in [2.24, 2.45) is 11.7 Å². The molecule has 2 N–H and O–H groups in total. The highest BCUT2D eigenvalue weighted by Crippen LogP contribution is 2.26. The lowest BCUT2D eigenvalue weighted by molar-refractivity contribution is 0.132. The summed E-state index contributed by atoms with van der Waals surface area (Å²) in [7, 11) is 2.21. The second-order valence-electron chi connectivity index (χ2n) is 5.67. The van der Waals surface area contributed by atoms with E-state index in [1.165, 1.54) is 58.3 Å². The van der Waals surface area contributed by atoms with Gasteiger partial charge in [-0.05, 0) is 25.8 Å². The molecule has 2 fully saturated rings. The van der Waals surface area contributed by atoms with Crippen molar-refractivity contribution in [1.29, 1.82) is 0 Å². The van der Waals surface area contributed by atoms with Gasteiger partial charge in [0.2, 0.25) is 0 Å². The lowest BCUT2D eigenvalue weighted by Gasteiger charge is -2.36. The molecule has 1 atom stereocenters. The number of nitrogens with zero attached hydrogens (tertiary/aromatic N) is 2. The Kier molecular flexibility index (Phi) is 4.62. The standard InChI is InChI=1S/C13H27N3/c1-15-7-9-16(10-8-15)11-13(14)12-5-3-2-4-6-12/h12-13H,2-11,14H2,1H3/t13-/m1/s1. The maximum absolute atomic E-state index is 6.36. The Labute approximate surface area is 100.0 Å². The van der Waals surface area contributed by atoms with E-state index in [9.17, 15) is 0 Å². The van der Waals surface area contributed by atoms with Crippen LogP contribution < -0.4 is 5.73 Å². The number of hydrogen-bond donors (Lipinski definition) is 1. The normalized spacial score (nSPS) is 28.1. The Morgan fingerprint density at radius 3 is 2.31 bits per heavy atom. The highest BCUT2D eigenvalue weighted by Gasteiger charge is 2.23. The minimum atomic E-state index is 0.420. The first-order valence-electron chi connectivity index (χ1n) is 6.92. The molecule has 1 aliphatic heterocycles. The van der Waals surface area contributed by atoms with Crippen LogP contribution in [0, 0.1) is 5.92 Å². The molecule has 0 aromatic heterocycles. The molecule has 0 amide bonds. The fraction of sp³-hybridized carbons (Fsp3) is 1.00. The smallest absolute Gasteiger partial charge is 0.0196 e. The molecular weight excluding hydrogens is 198 g/mol. The second kappa shape index (κ2) is 5.99. The zero-order chi connectivity index (χ0) is 11.4. The van der Waals surface area contributed by atoms with E-state index in [0.717, 1.165) is 12.5 Å². The van der Waals surface area contributed by atoms with Gasteiger partial charge in [0, 0.05) is 38.8 Å². The molecule has 3 nitrogen and oxygen atoms in total. The first kappa shape index (κ1) is 12.3. The van der Waals surface area contributed by atoms with Crippen LogP contribution in [0.4, 0.5) is 0 Å². The van der Waals surface area contributed by atoms with E-state index >= 15 is 0 Å². The van der Waals surface area contributed by atoms with E-state index in [2.05, 4.69) is 16.8 Å². The third-order valence-corrected chi connectivity index (χ3v) is 4.32. The van der Waals surface area contributed by atoms with Crippen LogP contribution in [0.15, 0.2) is 0 Å². The molecule has 0 unspecified atom stereocenters. The van der Waals surface area contributed by atoms with Gasteiger partial charge < -0.3 is 10.6 Å². The molecule has 1 aliphatic carbocycles. The van der Waals surface area contributed by atoms with E-state index in [1.54, 1.807) is 0 Å². The van der Waals surface area contributed by atoms with Crippen molar-refractivity contribution in [3.63, 3.8) is 0 Å². The van der Waals surface area contributed by atoms with E-state index in [0.29, 0.717) is 6.04 Å². The first-order valence-corrected chi connectivity index (χ1v) is 6.92. The SMILES string of the molecule is CN1CCN(C[C@@H](N)C2CCCCC2)CC1. The largest absolute Gasteiger partial charge is 0.326 e. The van der Waals surface area contributed by atoms with Gasteiger partial charge in [0.25, 0.3) is 0 Å². The maximum Gasteiger partial charge on any atom is 0.0196 e. The van der Waals surface area contributed by atoms with Crippen LogP contribution in [-0.4, -0.2) is 55.6 Å². The lowest BCUT2D eigenvalue weighted by Crippen LogP contribution is -2.50. The predicted octanol–water partition coefficient (Wildman–Crippen LogP) is 1.14. The number of likely N-dealkylation sites (N-methyl/N-ethyl adjacent to an activating group) is 1. The van der Waals surface area contributed by atoms with Gasteiger partial charge in [-0.2, -0.15) is 0 Å². The van der Waals surface area contributed by atoms with Crippen molar-refractivity contribution in [2.45, 2.75) is 38.1 Å². The molecule has 2 aliphatic rings. The molecule has 0 radical (unpaired) electrons. The second-order valence-corrected chi connectivity index (χ2v) is 5.67. The summed E-state index contributed by atoms with van der Waals surface area (Å²) in [6, 6.07) is 0.420. The molecule has 16 heavy (non-hydrogen) atoms. The van der Waals surface area contributed by atoms with E-state index in [1.807, 2.05) is 0 Å². The first-order chi connectivity index (χ1) is 7.75. The Morgan fingerprint density at radius 2 is 1.69 bits per heavy atom. The third kappa shape index (κ3) is 3.44. The Morgan fingerprint density at radius 1 is 1.06 bits per heavy atom.